The Morgan fingerprint density at radius 2 is 0.562 bits per heavy atom. The van der Waals surface area contributed by atoms with Gasteiger partial charge < -0.3 is 10.8 Å². The Morgan fingerprint density at radius 1 is 0.375 bits per heavy atom. The molecule has 0 heterocycles. The molecule has 3 nitrogen and oxygen atoms in total. The molecule has 192 valence electrons. The molecule has 0 fully saturated rings. The average Bonchev–Trinajstić information content (AvgIpc) is 2.78. The van der Waals surface area contributed by atoms with Gasteiger partial charge in [-0.2, -0.15) is 0 Å². The van der Waals surface area contributed by atoms with Gasteiger partial charge in [-0.25, -0.2) is 0 Å². The smallest absolute Gasteiger partial charge is 0.303 e. The molecule has 3 heteroatoms. The summed E-state index contributed by atoms with van der Waals surface area (Å²) in [7, 11) is 0. The summed E-state index contributed by atoms with van der Waals surface area (Å²) in [6.45, 7) is 0.864. The Labute approximate surface area is 201 Å². The SMILES string of the molecule is NCCCCCCCCCCCCCCCCCCCCCCCCCCCCC(=O)O. The monoisotopic (exact) mass is 453 g/mol. The first-order valence-corrected chi connectivity index (χ1v) is 14.7. The standard InChI is InChI=1S/C29H59NO2/c30-28-26-24-22-20-18-16-14-12-10-8-6-4-2-1-3-5-7-9-11-13-15-17-19-21-23-25-27-29(31)32/h1-28,30H2,(H,31,32). The number of aliphatic carboxylic acids is 1. The lowest BCUT2D eigenvalue weighted by molar-refractivity contribution is -0.137. The van der Waals surface area contributed by atoms with E-state index in [-0.39, 0.29) is 0 Å². The Kier molecular flexibility index (Phi) is 28.0. The number of nitrogens with two attached hydrogens (primary N) is 1. The molecule has 0 aliphatic rings. The lowest BCUT2D eigenvalue weighted by atomic mass is 10.0. The quantitative estimate of drug-likeness (QED) is 0.116. The van der Waals surface area contributed by atoms with Crippen molar-refractivity contribution < 1.29 is 9.90 Å². The van der Waals surface area contributed by atoms with Gasteiger partial charge in [0.25, 0.3) is 0 Å². The molecule has 0 aromatic heterocycles. The van der Waals surface area contributed by atoms with E-state index in [0.717, 1.165) is 19.4 Å². The van der Waals surface area contributed by atoms with Gasteiger partial charge in [0, 0.05) is 6.42 Å². The van der Waals surface area contributed by atoms with Crippen molar-refractivity contribution in [3.05, 3.63) is 0 Å². The van der Waals surface area contributed by atoms with Crippen LogP contribution in [0, 0.1) is 0 Å². The second-order valence-electron chi connectivity index (χ2n) is 10.1. The third-order valence-corrected chi connectivity index (χ3v) is 6.84. The molecule has 0 amide bonds. The summed E-state index contributed by atoms with van der Waals surface area (Å²) in [5, 5.41) is 8.60. The summed E-state index contributed by atoms with van der Waals surface area (Å²) < 4.78 is 0. The maximum absolute atomic E-state index is 10.4. The zero-order valence-electron chi connectivity index (χ0n) is 21.7. The van der Waals surface area contributed by atoms with Crippen LogP contribution in [0.2, 0.25) is 0 Å². The van der Waals surface area contributed by atoms with Gasteiger partial charge in [-0.1, -0.05) is 154 Å². The van der Waals surface area contributed by atoms with Crippen LogP contribution in [-0.2, 0) is 4.79 Å². The van der Waals surface area contributed by atoms with E-state index < -0.39 is 5.97 Å². The minimum absolute atomic E-state index is 0.344. The van der Waals surface area contributed by atoms with Crippen molar-refractivity contribution in [2.24, 2.45) is 5.73 Å². The number of hydrogen-bond donors (Lipinski definition) is 2. The molecule has 0 aliphatic heterocycles. The average molecular weight is 454 g/mol. The molecule has 0 spiro atoms. The Bertz CT molecular complexity index is 359. The van der Waals surface area contributed by atoms with Crippen LogP contribution in [0.25, 0.3) is 0 Å². The molecule has 3 N–H and O–H groups in total. The van der Waals surface area contributed by atoms with Gasteiger partial charge >= 0.3 is 5.97 Å². The molecule has 0 rings (SSSR count). The van der Waals surface area contributed by atoms with E-state index in [1.807, 2.05) is 0 Å². The van der Waals surface area contributed by atoms with Crippen LogP contribution >= 0.6 is 0 Å². The highest BCUT2D eigenvalue weighted by atomic mass is 16.4. The second kappa shape index (κ2) is 28.5. The van der Waals surface area contributed by atoms with Gasteiger partial charge in [0.1, 0.15) is 0 Å². The van der Waals surface area contributed by atoms with Gasteiger partial charge in [-0.3, -0.25) is 4.79 Å². The molecule has 0 radical (unpaired) electrons. The van der Waals surface area contributed by atoms with Crippen molar-refractivity contribution in [3.8, 4) is 0 Å². The van der Waals surface area contributed by atoms with E-state index in [0.29, 0.717) is 6.42 Å². The Hall–Kier alpha value is -0.570. The molecule has 0 saturated heterocycles. The highest BCUT2D eigenvalue weighted by molar-refractivity contribution is 5.66. The van der Waals surface area contributed by atoms with E-state index in [1.165, 1.54) is 154 Å². The van der Waals surface area contributed by atoms with Crippen LogP contribution < -0.4 is 5.73 Å². The van der Waals surface area contributed by atoms with Crippen LogP contribution in [0.1, 0.15) is 173 Å². The van der Waals surface area contributed by atoms with Crippen LogP contribution in [0.3, 0.4) is 0 Å². The highest BCUT2D eigenvalue weighted by Gasteiger charge is 1.98. The molecule has 0 aromatic carbocycles. The summed E-state index contributed by atoms with van der Waals surface area (Å²) in [6, 6.07) is 0. The molecule has 0 unspecified atom stereocenters. The van der Waals surface area contributed by atoms with Crippen molar-refractivity contribution in [1.82, 2.24) is 0 Å². The maximum Gasteiger partial charge on any atom is 0.303 e. The molecule has 0 bridgehead atoms. The van der Waals surface area contributed by atoms with E-state index in [4.69, 9.17) is 10.8 Å². The maximum atomic E-state index is 10.4. The topological polar surface area (TPSA) is 63.3 Å². The fourth-order valence-corrected chi connectivity index (χ4v) is 4.66. The van der Waals surface area contributed by atoms with Gasteiger partial charge in [-0.15, -0.1) is 0 Å². The summed E-state index contributed by atoms with van der Waals surface area (Å²) >= 11 is 0. The van der Waals surface area contributed by atoms with Crippen molar-refractivity contribution in [1.29, 1.82) is 0 Å². The summed E-state index contributed by atoms with van der Waals surface area (Å²) in [5.41, 5.74) is 5.52. The molecular formula is C29H59NO2. The number of carboxylic acids is 1. The van der Waals surface area contributed by atoms with Gasteiger partial charge in [0.05, 0.1) is 0 Å². The fourth-order valence-electron chi connectivity index (χ4n) is 4.66. The van der Waals surface area contributed by atoms with Crippen LogP contribution in [-0.4, -0.2) is 17.6 Å². The van der Waals surface area contributed by atoms with E-state index in [1.54, 1.807) is 0 Å². The van der Waals surface area contributed by atoms with Gasteiger partial charge in [-0.05, 0) is 19.4 Å². The molecule has 0 aromatic rings. The summed E-state index contributed by atoms with van der Waals surface area (Å²) in [5.74, 6) is -0.651. The zero-order valence-corrected chi connectivity index (χ0v) is 21.7. The summed E-state index contributed by atoms with van der Waals surface area (Å²) in [6.07, 6.45) is 35.9. The van der Waals surface area contributed by atoms with E-state index >= 15 is 0 Å². The lowest BCUT2D eigenvalue weighted by Gasteiger charge is -2.04. The molecular weight excluding hydrogens is 394 g/mol. The van der Waals surface area contributed by atoms with Crippen molar-refractivity contribution in [3.63, 3.8) is 0 Å². The third-order valence-electron chi connectivity index (χ3n) is 6.84. The van der Waals surface area contributed by atoms with Crippen molar-refractivity contribution in [2.75, 3.05) is 6.54 Å². The number of carbonyl (C=O) groups is 1. The third kappa shape index (κ3) is 29.4. The van der Waals surface area contributed by atoms with Crippen LogP contribution in [0.5, 0.6) is 0 Å². The minimum Gasteiger partial charge on any atom is -0.481 e. The van der Waals surface area contributed by atoms with Gasteiger partial charge in [0.2, 0.25) is 0 Å². The second-order valence-corrected chi connectivity index (χ2v) is 10.1. The highest BCUT2D eigenvalue weighted by Crippen LogP contribution is 2.16. The van der Waals surface area contributed by atoms with Crippen LogP contribution in [0.4, 0.5) is 0 Å². The number of carboxylic acid groups (broad SMARTS) is 1. The van der Waals surface area contributed by atoms with Crippen molar-refractivity contribution in [2.45, 2.75) is 173 Å². The predicted octanol–water partition coefficient (Wildman–Crippen LogP) is 9.56. The Morgan fingerprint density at radius 3 is 0.750 bits per heavy atom. The summed E-state index contributed by atoms with van der Waals surface area (Å²) in [4.78, 5) is 10.4. The largest absolute Gasteiger partial charge is 0.481 e. The van der Waals surface area contributed by atoms with E-state index in [9.17, 15) is 4.79 Å². The Balaban J connectivity index is 3.00. The predicted molar refractivity (Wildman–Crippen MR) is 141 cm³/mol. The minimum atomic E-state index is -0.651. The first-order chi connectivity index (χ1) is 15.8. The molecule has 32 heavy (non-hydrogen) atoms. The van der Waals surface area contributed by atoms with Crippen molar-refractivity contribution >= 4 is 5.97 Å². The van der Waals surface area contributed by atoms with Crippen LogP contribution in [0.15, 0.2) is 0 Å². The first kappa shape index (κ1) is 31.4. The number of unbranched alkanes of at least 4 members (excludes halogenated alkanes) is 25. The molecule has 0 atom stereocenters. The normalized spacial score (nSPS) is 11.3. The van der Waals surface area contributed by atoms with Gasteiger partial charge in [0.15, 0.2) is 0 Å². The van der Waals surface area contributed by atoms with E-state index in [2.05, 4.69) is 0 Å². The first-order valence-electron chi connectivity index (χ1n) is 14.7. The molecule has 0 saturated carbocycles. The number of rotatable bonds is 28. The molecule has 0 aliphatic carbocycles. The number of hydrogen-bond acceptors (Lipinski definition) is 2. The fraction of sp³-hybridized carbons (Fsp3) is 0.966. The zero-order chi connectivity index (χ0) is 23.4. The lowest BCUT2D eigenvalue weighted by Crippen LogP contribution is -1.97.